The molecule has 14 aromatic rings. The van der Waals surface area contributed by atoms with Crippen molar-refractivity contribution in [3.05, 3.63) is 332 Å². The van der Waals surface area contributed by atoms with E-state index in [1.165, 1.54) is 38.6 Å². The maximum atomic E-state index is 6.01. The molecular formula is C98H87BN4. The number of hydrogen-bond acceptors (Lipinski definition) is 4. The van der Waals surface area contributed by atoms with Gasteiger partial charge in [0.15, 0.2) is 5.82 Å². The molecule has 0 aliphatic carbocycles. The van der Waals surface area contributed by atoms with Crippen LogP contribution in [0.25, 0.3) is 101 Å². The Morgan fingerprint density at radius 3 is 0.777 bits per heavy atom. The van der Waals surface area contributed by atoms with Crippen LogP contribution in [0.4, 0.5) is 34.1 Å². The number of benzene rings is 13. The highest BCUT2D eigenvalue weighted by Gasteiger charge is 2.45. The molecule has 2 aliphatic rings. The number of fused-ring (bicyclic) bond motifs is 4. The third-order valence-corrected chi connectivity index (χ3v) is 21.0. The highest BCUT2D eigenvalue weighted by molar-refractivity contribution is 7.00. The first-order chi connectivity index (χ1) is 49.5. The second-order valence-electron chi connectivity index (χ2n) is 32.4. The van der Waals surface area contributed by atoms with Gasteiger partial charge in [0, 0.05) is 50.8 Å². The van der Waals surface area contributed by atoms with Crippen LogP contribution in [0.2, 0.25) is 0 Å². The van der Waals surface area contributed by atoms with Crippen LogP contribution in [-0.2, 0) is 21.7 Å². The molecule has 1 aromatic heterocycles. The van der Waals surface area contributed by atoms with E-state index in [1.807, 2.05) is 0 Å². The number of aromatic nitrogens is 2. The Hall–Kier alpha value is -11.4. The number of anilines is 6. The average Bonchev–Trinajstić information content (AvgIpc) is 0.693. The SMILES string of the molecule is CC(C)(C)c1cc(-c2cc(-c3cc(C(C)(C)C)cc(C(C)(C)C)c3)nc(-c3cc4c5c(c3)N(c3cc(-c6ccccc6)cc(-c6ccccc6)c3)c3cc(-c6ccccc6)ccc3B5c3ccc(-c5ccccc5)cc3N4c3cc(-c4ccccc4)cc(-c4ccccc4)c3)n2)cc(C(C)(C)C)c1. The van der Waals surface area contributed by atoms with Crippen molar-refractivity contribution in [2.24, 2.45) is 0 Å². The van der Waals surface area contributed by atoms with Gasteiger partial charge in [0.1, 0.15) is 0 Å². The quantitative estimate of drug-likeness (QED) is 0.121. The zero-order chi connectivity index (χ0) is 71.1. The molecule has 0 N–H and O–H groups in total. The summed E-state index contributed by atoms with van der Waals surface area (Å²) < 4.78 is 0. The zero-order valence-electron chi connectivity index (χ0n) is 61.3. The van der Waals surface area contributed by atoms with Crippen molar-refractivity contribution in [1.29, 1.82) is 0 Å². The molecule has 2 aliphatic heterocycles. The number of hydrogen-bond donors (Lipinski definition) is 0. The maximum Gasteiger partial charge on any atom is 0.252 e. The molecule has 502 valence electrons. The lowest BCUT2D eigenvalue weighted by atomic mass is 9.33. The lowest BCUT2D eigenvalue weighted by molar-refractivity contribution is 0.568. The van der Waals surface area contributed by atoms with Crippen LogP contribution in [0.1, 0.15) is 105 Å². The summed E-state index contributed by atoms with van der Waals surface area (Å²) >= 11 is 0. The molecule has 0 atom stereocenters. The van der Waals surface area contributed by atoms with Gasteiger partial charge < -0.3 is 9.80 Å². The summed E-state index contributed by atoms with van der Waals surface area (Å²) in [6, 6.07) is 116. The second kappa shape index (κ2) is 25.9. The van der Waals surface area contributed by atoms with Crippen LogP contribution < -0.4 is 26.2 Å². The van der Waals surface area contributed by atoms with E-state index in [4.69, 9.17) is 9.97 Å². The molecule has 0 bridgehead atoms. The molecule has 5 heteroatoms. The van der Waals surface area contributed by atoms with Crippen molar-refractivity contribution in [3.63, 3.8) is 0 Å². The van der Waals surface area contributed by atoms with Gasteiger partial charge in [0.25, 0.3) is 6.71 Å². The van der Waals surface area contributed by atoms with Crippen molar-refractivity contribution in [3.8, 4) is 101 Å². The van der Waals surface area contributed by atoms with Crippen molar-refractivity contribution >= 4 is 57.2 Å². The lowest BCUT2D eigenvalue weighted by Crippen LogP contribution is -2.61. The van der Waals surface area contributed by atoms with Crippen LogP contribution in [0, 0.1) is 0 Å². The molecule has 103 heavy (non-hydrogen) atoms. The smallest absolute Gasteiger partial charge is 0.252 e. The van der Waals surface area contributed by atoms with Crippen molar-refractivity contribution < 1.29 is 0 Å². The normalized spacial score (nSPS) is 12.8. The molecule has 0 radical (unpaired) electrons. The van der Waals surface area contributed by atoms with E-state index in [0.717, 1.165) is 129 Å². The minimum atomic E-state index is -0.224. The Morgan fingerprint density at radius 2 is 0.495 bits per heavy atom. The Labute approximate surface area is 610 Å². The van der Waals surface area contributed by atoms with Crippen molar-refractivity contribution in [2.45, 2.75) is 105 Å². The van der Waals surface area contributed by atoms with Crippen LogP contribution in [0.5, 0.6) is 0 Å². The average molecular weight is 1330 g/mol. The fraction of sp³-hybridized carbons (Fsp3) is 0.163. The van der Waals surface area contributed by atoms with E-state index in [2.05, 4.69) is 402 Å². The largest absolute Gasteiger partial charge is 0.311 e. The molecule has 0 spiro atoms. The standard InChI is InChI=1S/C98H87BN4/c1-95(2,3)79-49-76(50-80(61-79)96(4,5)6)87-63-88(77-51-81(97(7,8)9)62-82(52-77)98(10,11)12)101-94(100-87)78-59-91-93-92(60-78)103(84-55-74(68-39-27-17-28-40-68)48-75(56-84)69-41-29-18-30-42-69)90-58-71(65-33-21-14-22-34-65)44-46-86(90)99(93)85-45-43-70(64-31-19-13-20-32-64)57-89(85)102(91)83-53-72(66-35-23-15-24-36-66)47-73(54-83)67-37-25-16-26-38-67/h13-63H,1-12H3. The highest BCUT2D eigenvalue weighted by Crippen LogP contribution is 2.50. The predicted octanol–water partition coefficient (Wildman–Crippen LogP) is 24.8. The fourth-order valence-corrected chi connectivity index (χ4v) is 15.1. The first-order valence-corrected chi connectivity index (χ1v) is 36.5. The van der Waals surface area contributed by atoms with Crippen molar-refractivity contribution in [1.82, 2.24) is 9.97 Å². The minimum absolute atomic E-state index is 0.147. The lowest BCUT2D eigenvalue weighted by Gasteiger charge is -2.45. The van der Waals surface area contributed by atoms with Gasteiger partial charge in [-0.15, -0.1) is 0 Å². The van der Waals surface area contributed by atoms with Crippen LogP contribution in [0.3, 0.4) is 0 Å². The summed E-state index contributed by atoms with van der Waals surface area (Å²) in [6.07, 6.45) is 0. The van der Waals surface area contributed by atoms with Gasteiger partial charge in [0.05, 0.1) is 11.4 Å². The summed E-state index contributed by atoms with van der Waals surface area (Å²) in [7, 11) is 0. The monoisotopic (exact) mass is 1330 g/mol. The van der Waals surface area contributed by atoms with Gasteiger partial charge in [-0.1, -0.05) is 301 Å². The van der Waals surface area contributed by atoms with Gasteiger partial charge in [0.2, 0.25) is 0 Å². The van der Waals surface area contributed by atoms with E-state index < -0.39 is 0 Å². The molecule has 0 saturated heterocycles. The first-order valence-electron chi connectivity index (χ1n) is 36.5. The Balaban J connectivity index is 1.08. The van der Waals surface area contributed by atoms with E-state index in [0.29, 0.717) is 5.82 Å². The first kappa shape index (κ1) is 66.2. The highest BCUT2D eigenvalue weighted by atomic mass is 15.2. The molecule has 4 nitrogen and oxygen atoms in total. The molecule has 0 saturated carbocycles. The molecule has 0 amide bonds. The Bertz CT molecular complexity index is 5010. The maximum absolute atomic E-state index is 6.01. The van der Waals surface area contributed by atoms with E-state index in [-0.39, 0.29) is 28.4 Å². The second-order valence-corrected chi connectivity index (χ2v) is 32.4. The van der Waals surface area contributed by atoms with Gasteiger partial charge in [-0.2, -0.15) is 0 Å². The number of nitrogens with zero attached hydrogens (tertiary/aromatic N) is 4. The molecule has 13 aromatic carbocycles. The number of rotatable bonds is 11. The molecule has 0 unspecified atom stereocenters. The summed E-state index contributed by atoms with van der Waals surface area (Å²) in [5.41, 5.74) is 32.8. The fourth-order valence-electron chi connectivity index (χ4n) is 15.1. The molecule has 16 rings (SSSR count). The summed E-state index contributed by atoms with van der Waals surface area (Å²) in [6.45, 7) is 27.7. The van der Waals surface area contributed by atoms with Gasteiger partial charge >= 0.3 is 0 Å². The zero-order valence-corrected chi connectivity index (χ0v) is 61.3. The summed E-state index contributed by atoms with van der Waals surface area (Å²) in [5.74, 6) is 0.638. The van der Waals surface area contributed by atoms with Crippen LogP contribution in [0.15, 0.2) is 309 Å². The Kier molecular flexibility index (Phi) is 16.6. The summed E-state index contributed by atoms with van der Waals surface area (Å²) in [4.78, 5) is 17.2. The minimum Gasteiger partial charge on any atom is -0.311 e. The van der Waals surface area contributed by atoms with Gasteiger partial charge in [-0.25, -0.2) is 9.97 Å². The van der Waals surface area contributed by atoms with E-state index in [1.54, 1.807) is 0 Å². The van der Waals surface area contributed by atoms with Crippen LogP contribution >= 0.6 is 0 Å². The van der Waals surface area contributed by atoms with Crippen molar-refractivity contribution in [2.75, 3.05) is 9.80 Å². The summed E-state index contributed by atoms with van der Waals surface area (Å²) in [5, 5.41) is 0. The predicted molar refractivity (Wildman–Crippen MR) is 440 cm³/mol. The molecule has 3 heterocycles. The topological polar surface area (TPSA) is 32.3 Å². The van der Waals surface area contributed by atoms with Gasteiger partial charge in [-0.05, 0) is 218 Å². The van der Waals surface area contributed by atoms with E-state index in [9.17, 15) is 0 Å². The Morgan fingerprint density at radius 1 is 0.223 bits per heavy atom. The molecular weight excluding hydrogens is 1240 g/mol. The molecule has 0 fully saturated rings. The van der Waals surface area contributed by atoms with Crippen LogP contribution in [-0.4, -0.2) is 16.7 Å². The third kappa shape index (κ3) is 12.9. The third-order valence-electron chi connectivity index (χ3n) is 21.0. The van der Waals surface area contributed by atoms with Gasteiger partial charge in [-0.3, -0.25) is 0 Å². The van der Waals surface area contributed by atoms with E-state index >= 15 is 0 Å².